The van der Waals surface area contributed by atoms with Gasteiger partial charge in [-0.05, 0) is 56.8 Å². The molecule has 4 rings (SSSR count). The van der Waals surface area contributed by atoms with Crippen LogP contribution in [0.1, 0.15) is 23.2 Å². The summed E-state index contributed by atoms with van der Waals surface area (Å²) in [6, 6.07) is 11.0. The molecule has 1 amide bonds. The molecular weight excluding hydrogens is 456 g/mol. The molecule has 2 aromatic carbocycles. The van der Waals surface area contributed by atoms with Gasteiger partial charge in [0.2, 0.25) is 0 Å². The number of carbonyl (C=O) groups is 1. The molecule has 184 valence electrons. The van der Waals surface area contributed by atoms with Gasteiger partial charge in [0, 0.05) is 50.0 Å². The predicted octanol–water partition coefficient (Wildman–Crippen LogP) is 2.02. The predicted molar refractivity (Wildman–Crippen MR) is 130 cm³/mol. The maximum absolute atomic E-state index is 12.8. The Labute approximate surface area is 201 Å². The van der Waals surface area contributed by atoms with Gasteiger partial charge >= 0.3 is 0 Å². The monoisotopic (exact) mass is 488 g/mol. The highest BCUT2D eigenvalue weighted by Gasteiger charge is 2.20. The summed E-state index contributed by atoms with van der Waals surface area (Å²) < 4.78 is 39.2. The first-order chi connectivity index (χ1) is 16.4. The number of nitrogens with one attached hydrogen (secondary N) is 2. The number of piperazine rings is 1. The number of carbonyl (C=O) groups excluding carboxylic acids is 1. The number of unbranched alkanes of at least 4 members (excludes halogenated alkanes) is 1. The minimum Gasteiger partial charge on any atom is -0.486 e. The van der Waals surface area contributed by atoms with Crippen LogP contribution in [0.2, 0.25) is 0 Å². The molecule has 0 radical (unpaired) electrons. The molecule has 2 aromatic rings. The second-order valence-electron chi connectivity index (χ2n) is 8.60. The molecule has 2 aliphatic heterocycles. The van der Waals surface area contributed by atoms with Gasteiger partial charge in [-0.15, -0.1) is 0 Å². The number of anilines is 1. The highest BCUT2D eigenvalue weighted by Crippen LogP contribution is 2.32. The molecule has 34 heavy (non-hydrogen) atoms. The maximum atomic E-state index is 12.8. The van der Waals surface area contributed by atoms with Gasteiger partial charge in [-0.3, -0.25) is 9.52 Å². The minimum atomic E-state index is -3.85. The van der Waals surface area contributed by atoms with E-state index in [1.165, 1.54) is 18.2 Å². The number of benzene rings is 2. The molecule has 0 aliphatic carbocycles. The van der Waals surface area contributed by atoms with Crippen LogP contribution in [0.25, 0.3) is 0 Å². The summed E-state index contributed by atoms with van der Waals surface area (Å²) in [6.45, 7) is 6.83. The summed E-state index contributed by atoms with van der Waals surface area (Å²) in [4.78, 5) is 17.4. The average Bonchev–Trinajstić information content (AvgIpc) is 2.84. The largest absolute Gasteiger partial charge is 0.486 e. The quantitative estimate of drug-likeness (QED) is 0.521. The number of sulfonamides is 1. The van der Waals surface area contributed by atoms with E-state index in [1.54, 1.807) is 24.3 Å². The van der Waals surface area contributed by atoms with Crippen molar-refractivity contribution in [1.29, 1.82) is 0 Å². The Hall–Kier alpha value is -2.82. The molecule has 9 nitrogen and oxygen atoms in total. The van der Waals surface area contributed by atoms with Crippen LogP contribution < -0.4 is 19.5 Å². The lowest BCUT2D eigenvalue weighted by Crippen LogP contribution is -2.44. The van der Waals surface area contributed by atoms with E-state index in [2.05, 4.69) is 26.9 Å². The molecule has 10 heteroatoms. The van der Waals surface area contributed by atoms with E-state index in [0.29, 0.717) is 42.5 Å². The fourth-order valence-corrected chi connectivity index (χ4v) is 5.03. The summed E-state index contributed by atoms with van der Waals surface area (Å²) in [6.07, 6.45) is 1.92. The molecule has 2 aliphatic rings. The minimum absolute atomic E-state index is 0.0620. The SMILES string of the molecule is CN1CCN(CCCCNC(=O)c2cccc(NS(=O)(=O)c3ccc4c(c3)OCCO4)c2)CC1. The first-order valence-corrected chi connectivity index (χ1v) is 13.1. The van der Waals surface area contributed by atoms with Crippen LogP contribution in [0, 0.1) is 0 Å². The molecule has 0 spiro atoms. The van der Waals surface area contributed by atoms with Gasteiger partial charge in [-0.2, -0.15) is 0 Å². The van der Waals surface area contributed by atoms with Crippen LogP contribution >= 0.6 is 0 Å². The molecule has 0 aromatic heterocycles. The van der Waals surface area contributed by atoms with Crippen molar-refractivity contribution in [3.05, 3.63) is 48.0 Å². The number of rotatable bonds is 9. The second kappa shape index (κ2) is 11.1. The van der Waals surface area contributed by atoms with Crippen molar-refractivity contribution in [1.82, 2.24) is 15.1 Å². The van der Waals surface area contributed by atoms with Crippen molar-refractivity contribution in [2.45, 2.75) is 17.7 Å². The Bertz CT molecular complexity index is 1100. The normalized spacial score (nSPS) is 16.7. The molecule has 0 atom stereocenters. The van der Waals surface area contributed by atoms with Gasteiger partial charge in [0.05, 0.1) is 4.90 Å². The molecule has 1 fully saturated rings. The standard InChI is InChI=1S/C24H32N4O5S/c1-27-11-13-28(14-12-27)10-3-2-9-25-24(29)19-5-4-6-20(17-19)26-34(30,31)21-7-8-22-23(18-21)33-16-15-32-22/h4-8,17-18,26H,2-3,9-16H2,1H3,(H,25,29). The van der Waals surface area contributed by atoms with Crippen LogP contribution in [-0.2, 0) is 10.0 Å². The zero-order valence-electron chi connectivity index (χ0n) is 19.5. The zero-order chi connectivity index (χ0) is 24.0. The maximum Gasteiger partial charge on any atom is 0.262 e. The van der Waals surface area contributed by atoms with Crippen molar-refractivity contribution in [2.75, 3.05) is 64.3 Å². The highest BCUT2D eigenvalue weighted by atomic mass is 32.2. The Morgan fingerprint density at radius 2 is 1.74 bits per heavy atom. The van der Waals surface area contributed by atoms with E-state index in [0.717, 1.165) is 45.6 Å². The fraction of sp³-hybridized carbons (Fsp3) is 0.458. The van der Waals surface area contributed by atoms with Gasteiger partial charge in [-0.1, -0.05) is 6.07 Å². The van der Waals surface area contributed by atoms with Gasteiger partial charge < -0.3 is 24.6 Å². The lowest BCUT2D eigenvalue weighted by atomic mass is 10.2. The van der Waals surface area contributed by atoms with Crippen LogP contribution in [0.4, 0.5) is 5.69 Å². The number of hydrogen-bond acceptors (Lipinski definition) is 7. The van der Waals surface area contributed by atoms with Crippen LogP contribution in [0.3, 0.4) is 0 Å². The third-order valence-electron chi connectivity index (χ3n) is 5.98. The van der Waals surface area contributed by atoms with E-state index in [-0.39, 0.29) is 10.8 Å². The molecular formula is C24H32N4O5S. The first kappa shape index (κ1) is 24.3. The van der Waals surface area contributed by atoms with Crippen LogP contribution in [-0.4, -0.2) is 83.7 Å². The topological polar surface area (TPSA) is 100 Å². The van der Waals surface area contributed by atoms with Gasteiger partial charge in [0.1, 0.15) is 13.2 Å². The summed E-state index contributed by atoms with van der Waals surface area (Å²) in [5, 5.41) is 2.93. The smallest absolute Gasteiger partial charge is 0.262 e. The third-order valence-corrected chi connectivity index (χ3v) is 7.36. The molecule has 0 bridgehead atoms. The van der Waals surface area contributed by atoms with Crippen molar-refractivity contribution >= 4 is 21.6 Å². The number of ether oxygens (including phenoxy) is 2. The number of hydrogen-bond donors (Lipinski definition) is 2. The van der Waals surface area contributed by atoms with Gasteiger partial charge in [-0.25, -0.2) is 8.42 Å². The Morgan fingerprint density at radius 1 is 0.971 bits per heavy atom. The van der Waals surface area contributed by atoms with E-state index in [1.807, 2.05) is 0 Å². The van der Waals surface area contributed by atoms with Gasteiger partial charge in [0.25, 0.3) is 15.9 Å². The van der Waals surface area contributed by atoms with E-state index >= 15 is 0 Å². The van der Waals surface area contributed by atoms with E-state index < -0.39 is 10.0 Å². The fourth-order valence-electron chi connectivity index (χ4n) is 3.96. The Balaban J connectivity index is 1.28. The average molecular weight is 489 g/mol. The molecule has 2 heterocycles. The van der Waals surface area contributed by atoms with Crippen molar-refractivity contribution < 1.29 is 22.7 Å². The number of amides is 1. The number of likely N-dealkylation sites (N-methyl/N-ethyl adjacent to an activating group) is 1. The summed E-state index contributed by atoms with van der Waals surface area (Å²) >= 11 is 0. The van der Waals surface area contributed by atoms with Crippen molar-refractivity contribution in [3.8, 4) is 11.5 Å². The summed E-state index contributed by atoms with van der Waals surface area (Å²) in [7, 11) is -1.71. The van der Waals surface area contributed by atoms with Crippen molar-refractivity contribution in [2.24, 2.45) is 0 Å². The summed E-state index contributed by atoms with van der Waals surface area (Å²) in [5.74, 6) is 0.697. The van der Waals surface area contributed by atoms with Crippen LogP contribution in [0.5, 0.6) is 11.5 Å². The number of nitrogens with zero attached hydrogens (tertiary/aromatic N) is 2. The van der Waals surface area contributed by atoms with Crippen molar-refractivity contribution in [3.63, 3.8) is 0 Å². The summed E-state index contributed by atoms with van der Waals surface area (Å²) in [5.41, 5.74) is 0.721. The molecule has 0 unspecified atom stereocenters. The Morgan fingerprint density at radius 3 is 2.53 bits per heavy atom. The van der Waals surface area contributed by atoms with E-state index in [4.69, 9.17) is 9.47 Å². The number of fused-ring (bicyclic) bond motifs is 1. The second-order valence-corrected chi connectivity index (χ2v) is 10.3. The molecule has 0 saturated carbocycles. The first-order valence-electron chi connectivity index (χ1n) is 11.6. The Kier molecular flexibility index (Phi) is 7.91. The molecule has 2 N–H and O–H groups in total. The van der Waals surface area contributed by atoms with E-state index in [9.17, 15) is 13.2 Å². The third kappa shape index (κ3) is 6.40. The lowest BCUT2D eigenvalue weighted by Gasteiger charge is -2.32. The lowest BCUT2D eigenvalue weighted by molar-refractivity contribution is 0.0952. The highest BCUT2D eigenvalue weighted by molar-refractivity contribution is 7.92. The molecule has 1 saturated heterocycles. The van der Waals surface area contributed by atoms with Gasteiger partial charge in [0.15, 0.2) is 11.5 Å². The zero-order valence-corrected chi connectivity index (χ0v) is 20.3. The van der Waals surface area contributed by atoms with Crippen LogP contribution in [0.15, 0.2) is 47.4 Å².